The highest BCUT2D eigenvalue weighted by Crippen LogP contribution is 2.18. The number of halogens is 1. The van der Waals surface area contributed by atoms with Crippen LogP contribution in [0.2, 0.25) is 5.02 Å². The van der Waals surface area contributed by atoms with Crippen molar-refractivity contribution in [3.05, 3.63) is 41.9 Å². The summed E-state index contributed by atoms with van der Waals surface area (Å²) in [6.45, 7) is 0.962. The molecule has 0 fully saturated rings. The Morgan fingerprint density at radius 1 is 1.37 bits per heavy atom. The topological polar surface area (TPSA) is 76.9 Å². The lowest BCUT2D eigenvalue weighted by Gasteiger charge is -2.07. The van der Waals surface area contributed by atoms with Gasteiger partial charge in [0.2, 0.25) is 10.0 Å². The van der Waals surface area contributed by atoms with Crippen LogP contribution in [0, 0.1) is 0 Å². The summed E-state index contributed by atoms with van der Waals surface area (Å²) in [6, 6.07) is 3.26. The van der Waals surface area contributed by atoms with Gasteiger partial charge in [0.15, 0.2) is 0 Å². The summed E-state index contributed by atoms with van der Waals surface area (Å²) < 4.78 is 28.1. The zero-order valence-corrected chi connectivity index (χ0v) is 11.6. The van der Waals surface area contributed by atoms with Crippen molar-refractivity contribution in [1.82, 2.24) is 19.5 Å². The van der Waals surface area contributed by atoms with Gasteiger partial charge in [0, 0.05) is 37.9 Å². The van der Waals surface area contributed by atoms with Gasteiger partial charge in [0.25, 0.3) is 0 Å². The molecule has 1 N–H and O–H groups in total. The number of nitrogens with one attached hydrogen (secondary N) is 1. The molecule has 0 atom stereocenters. The lowest BCUT2D eigenvalue weighted by atomic mass is 10.4. The third-order valence-electron chi connectivity index (χ3n) is 2.44. The number of sulfonamides is 1. The molecule has 102 valence electrons. The van der Waals surface area contributed by atoms with E-state index in [9.17, 15) is 8.42 Å². The second-order valence-corrected chi connectivity index (χ2v) is 5.97. The molecule has 0 aliphatic carbocycles. The number of hydrogen-bond donors (Lipinski definition) is 1. The summed E-state index contributed by atoms with van der Waals surface area (Å²) in [5.41, 5.74) is 0. The highest BCUT2D eigenvalue weighted by molar-refractivity contribution is 7.89. The van der Waals surface area contributed by atoms with Gasteiger partial charge in [-0.05, 0) is 18.6 Å². The first kappa shape index (κ1) is 14.0. The van der Waals surface area contributed by atoms with Crippen LogP contribution in [0.25, 0.3) is 0 Å². The normalized spacial score (nSPS) is 11.6. The molecule has 0 saturated carbocycles. The standard InChI is InChI=1S/C11H13ClN4O2S/c12-10-3-6-13-9-11(10)19(17,18)15-5-2-8-16-7-1-4-14-16/h1,3-4,6-7,9,15H,2,5,8H2. The van der Waals surface area contributed by atoms with Crippen LogP contribution in [-0.4, -0.2) is 29.7 Å². The summed E-state index contributed by atoms with van der Waals surface area (Å²) >= 11 is 5.83. The van der Waals surface area contributed by atoms with Crippen LogP contribution in [0.3, 0.4) is 0 Å². The summed E-state index contributed by atoms with van der Waals surface area (Å²) in [6.07, 6.45) is 6.82. The zero-order valence-electron chi connectivity index (χ0n) is 10.0. The van der Waals surface area contributed by atoms with E-state index in [0.717, 1.165) is 0 Å². The molecule has 0 bridgehead atoms. The Balaban J connectivity index is 1.90. The van der Waals surface area contributed by atoms with Gasteiger partial charge in [-0.15, -0.1) is 0 Å². The minimum atomic E-state index is -3.61. The fourth-order valence-electron chi connectivity index (χ4n) is 1.52. The van der Waals surface area contributed by atoms with Gasteiger partial charge in [-0.25, -0.2) is 13.1 Å². The molecule has 2 heterocycles. The van der Waals surface area contributed by atoms with Crippen LogP contribution >= 0.6 is 11.6 Å². The average molecular weight is 301 g/mol. The highest BCUT2D eigenvalue weighted by Gasteiger charge is 2.16. The second kappa shape index (κ2) is 6.14. The van der Waals surface area contributed by atoms with Gasteiger partial charge in [-0.2, -0.15) is 5.10 Å². The van der Waals surface area contributed by atoms with E-state index in [-0.39, 0.29) is 9.92 Å². The summed E-state index contributed by atoms with van der Waals surface area (Å²) in [5, 5.41) is 4.19. The van der Waals surface area contributed by atoms with Crippen molar-refractivity contribution >= 4 is 21.6 Å². The number of aromatic nitrogens is 3. The molecule has 2 aromatic rings. The van der Waals surface area contributed by atoms with Gasteiger partial charge < -0.3 is 0 Å². The molecule has 0 aromatic carbocycles. The first-order valence-electron chi connectivity index (χ1n) is 5.66. The molecule has 0 amide bonds. The Bertz CT molecular complexity index is 628. The molecule has 2 aromatic heterocycles. The van der Waals surface area contributed by atoms with Crippen LogP contribution < -0.4 is 4.72 Å². The maximum Gasteiger partial charge on any atom is 0.243 e. The van der Waals surface area contributed by atoms with E-state index in [2.05, 4.69) is 14.8 Å². The van der Waals surface area contributed by atoms with Crippen LogP contribution in [0.1, 0.15) is 6.42 Å². The predicted octanol–water partition coefficient (Wildman–Crippen LogP) is 1.30. The number of pyridine rings is 1. The maximum absolute atomic E-state index is 12.0. The Morgan fingerprint density at radius 3 is 2.89 bits per heavy atom. The number of nitrogens with zero attached hydrogens (tertiary/aromatic N) is 3. The van der Waals surface area contributed by atoms with E-state index in [0.29, 0.717) is 19.5 Å². The zero-order chi connectivity index (χ0) is 13.7. The smallest absolute Gasteiger partial charge is 0.243 e. The Hall–Kier alpha value is -1.44. The third-order valence-corrected chi connectivity index (χ3v) is 4.37. The molecular formula is C11H13ClN4O2S. The van der Waals surface area contributed by atoms with E-state index in [1.54, 1.807) is 10.9 Å². The van der Waals surface area contributed by atoms with E-state index in [1.165, 1.54) is 18.5 Å². The summed E-state index contributed by atoms with van der Waals surface area (Å²) in [7, 11) is -3.61. The Kier molecular flexibility index (Phi) is 4.52. The third kappa shape index (κ3) is 3.76. The van der Waals surface area contributed by atoms with Crippen LogP contribution in [0.4, 0.5) is 0 Å². The van der Waals surface area contributed by atoms with Crippen LogP contribution in [-0.2, 0) is 16.6 Å². The van der Waals surface area contributed by atoms with Gasteiger partial charge in [0.05, 0.1) is 5.02 Å². The first-order valence-corrected chi connectivity index (χ1v) is 7.52. The number of hydrogen-bond acceptors (Lipinski definition) is 4. The minimum Gasteiger partial charge on any atom is -0.273 e. The van der Waals surface area contributed by atoms with Gasteiger partial charge in [-0.1, -0.05) is 11.6 Å². The Morgan fingerprint density at radius 2 is 2.21 bits per heavy atom. The lowest BCUT2D eigenvalue weighted by Crippen LogP contribution is -2.26. The molecule has 0 radical (unpaired) electrons. The lowest BCUT2D eigenvalue weighted by molar-refractivity contribution is 0.553. The second-order valence-electron chi connectivity index (χ2n) is 3.83. The largest absolute Gasteiger partial charge is 0.273 e. The quantitative estimate of drug-likeness (QED) is 0.816. The van der Waals surface area contributed by atoms with Crippen LogP contribution in [0.5, 0.6) is 0 Å². The van der Waals surface area contributed by atoms with Gasteiger partial charge >= 0.3 is 0 Å². The molecule has 0 unspecified atom stereocenters. The molecule has 0 saturated heterocycles. The fourth-order valence-corrected chi connectivity index (χ4v) is 3.02. The number of aryl methyl sites for hydroxylation is 1. The molecule has 0 aliphatic heterocycles. The van der Waals surface area contributed by atoms with Crippen LogP contribution in [0.15, 0.2) is 41.8 Å². The van der Waals surface area contributed by atoms with Gasteiger partial charge in [-0.3, -0.25) is 9.67 Å². The summed E-state index contributed by atoms with van der Waals surface area (Å²) in [5.74, 6) is 0. The van der Waals surface area contributed by atoms with E-state index < -0.39 is 10.0 Å². The van der Waals surface area contributed by atoms with E-state index in [4.69, 9.17) is 11.6 Å². The molecule has 6 nitrogen and oxygen atoms in total. The fraction of sp³-hybridized carbons (Fsp3) is 0.273. The Labute approximate surface area is 116 Å². The molecule has 0 aliphatic rings. The molecule has 8 heteroatoms. The van der Waals surface area contributed by atoms with Crippen molar-refractivity contribution in [2.75, 3.05) is 6.54 Å². The highest BCUT2D eigenvalue weighted by atomic mass is 35.5. The van der Waals surface area contributed by atoms with Crippen molar-refractivity contribution in [1.29, 1.82) is 0 Å². The number of rotatable bonds is 6. The van der Waals surface area contributed by atoms with Crippen molar-refractivity contribution < 1.29 is 8.42 Å². The van der Waals surface area contributed by atoms with Crippen molar-refractivity contribution in [2.24, 2.45) is 0 Å². The molecule has 0 spiro atoms. The molecule has 19 heavy (non-hydrogen) atoms. The maximum atomic E-state index is 12.0. The van der Waals surface area contributed by atoms with E-state index >= 15 is 0 Å². The SMILES string of the molecule is O=S(=O)(NCCCn1cccn1)c1cnccc1Cl. The van der Waals surface area contributed by atoms with Crippen molar-refractivity contribution in [2.45, 2.75) is 17.9 Å². The predicted molar refractivity (Wildman–Crippen MR) is 71.3 cm³/mol. The van der Waals surface area contributed by atoms with E-state index in [1.807, 2.05) is 12.3 Å². The van der Waals surface area contributed by atoms with Crippen molar-refractivity contribution in [3.63, 3.8) is 0 Å². The molecule has 2 rings (SSSR count). The monoisotopic (exact) mass is 300 g/mol. The first-order chi connectivity index (χ1) is 9.09. The minimum absolute atomic E-state index is 0.00393. The molecular weight excluding hydrogens is 288 g/mol. The van der Waals surface area contributed by atoms with Gasteiger partial charge in [0.1, 0.15) is 4.90 Å². The van der Waals surface area contributed by atoms with Crippen molar-refractivity contribution in [3.8, 4) is 0 Å². The average Bonchev–Trinajstić information content (AvgIpc) is 2.88. The summed E-state index contributed by atoms with van der Waals surface area (Å²) in [4.78, 5) is 3.76.